The minimum Gasteiger partial charge on any atom is -0.310 e. The Bertz CT molecular complexity index is 735. The number of para-hydroxylation sites is 2. The Hall–Kier alpha value is -2.35. The van der Waals surface area contributed by atoms with Gasteiger partial charge in [0.1, 0.15) is 5.41 Å². The normalized spacial score (nSPS) is 17.1. The number of rotatable bonds is 3. The zero-order valence-corrected chi connectivity index (χ0v) is 12.8. The smallest absolute Gasteiger partial charge is 0.247 e. The van der Waals surface area contributed by atoms with Crippen LogP contribution in [-0.2, 0) is 11.3 Å². The number of imidazole rings is 1. The topological polar surface area (TPSA) is 70.7 Å². The molecule has 0 aliphatic heterocycles. The number of nitrogens with zero attached hydrogens (tertiary/aromatic N) is 3. The monoisotopic (exact) mass is 296 g/mol. The highest BCUT2D eigenvalue weighted by molar-refractivity contribution is 5.97. The predicted molar refractivity (Wildman–Crippen MR) is 85.2 cm³/mol. The summed E-state index contributed by atoms with van der Waals surface area (Å²) in [6.45, 7) is 2.74. The standard InChI is InChI=1S/C17H20N4O/c1-2-21-14-9-5-4-8-13(14)19-16(21)20-15(22)17(12-18)10-6-3-7-11-17/h4-5,8-9H,2-3,6-7,10-11H2,1H3,(H,19,20,22). The minimum absolute atomic E-state index is 0.209. The van der Waals surface area contributed by atoms with E-state index in [0.29, 0.717) is 18.8 Å². The van der Waals surface area contributed by atoms with E-state index in [0.717, 1.165) is 36.8 Å². The molecule has 0 saturated heterocycles. The first-order valence-corrected chi connectivity index (χ1v) is 7.88. The van der Waals surface area contributed by atoms with Crippen LogP contribution in [0.4, 0.5) is 5.95 Å². The summed E-state index contributed by atoms with van der Waals surface area (Å²) in [5.74, 6) is 0.327. The Morgan fingerprint density at radius 2 is 2.09 bits per heavy atom. The second-order valence-corrected chi connectivity index (χ2v) is 5.88. The molecule has 0 radical (unpaired) electrons. The molecule has 5 nitrogen and oxygen atoms in total. The van der Waals surface area contributed by atoms with Crippen molar-refractivity contribution in [3.63, 3.8) is 0 Å². The highest BCUT2D eigenvalue weighted by Gasteiger charge is 2.40. The predicted octanol–water partition coefficient (Wildman–Crippen LogP) is 3.47. The molecular weight excluding hydrogens is 276 g/mol. The summed E-state index contributed by atoms with van der Waals surface area (Å²) in [4.78, 5) is 17.2. The van der Waals surface area contributed by atoms with Crippen molar-refractivity contribution >= 4 is 22.9 Å². The maximum absolute atomic E-state index is 12.7. The molecule has 1 amide bonds. The highest BCUT2D eigenvalue weighted by Crippen LogP contribution is 2.36. The van der Waals surface area contributed by atoms with Crippen LogP contribution in [0.2, 0.25) is 0 Å². The summed E-state index contributed by atoms with van der Waals surface area (Å²) < 4.78 is 1.97. The van der Waals surface area contributed by atoms with Crippen LogP contribution in [0.25, 0.3) is 11.0 Å². The van der Waals surface area contributed by atoms with Crippen LogP contribution in [0.15, 0.2) is 24.3 Å². The molecule has 5 heteroatoms. The second kappa shape index (κ2) is 5.80. The molecule has 0 spiro atoms. The molecule has 1 saturated carbocycles. The quantitative estimate of drug-likeness (QED) is 0.942. The fraction of sp³-hybridized carbons (Fsp3) is 0.471. The van der Waals surface area contributed by atoms with Crippen LogP contribution in [0.3, 0.4) is 0 Å². The Kier molecular flexibility index (Phi) is 3.84. The first kappa shape index (κ1) is 14.6. The molecule has 22 heavy (non-hydrogen) atoms. The maximum Gasteiger partial charge on any atom is 0.247 e. The van der Waals surface area contributed by atoms with Gasteiger partial charge in [0.15, 0.2) is 0 Å². The fourth-order valence-electron chi connectivity index (χ4n) is 3.26. The van der Waals surface area contributed by atoms with Gasteiger partial charge < -0.3 is 4.57 Å². The van der Waals surface area contributed by atoms with E-state index in [4.69, 9.17) is 0 Å². The molecule has 1 aliphatic carbocycles. The number of nitrogens with one attached hydrogen (secondary N) is 1. The molecule has 1 aromatic heterocycles. The number of hydrogen-bond acceptors (Lipinski definition) is 3. The average molecular weight is 296 g/mol. The number of aryl methyl sites for hydroxylation is 1. The molecule has 0 unspecified atom stereocenters. The number of carbonyl (C=O) groups excluding carboxylic acids is 1. The third-order valence-corrected chi connectivity index (χ3v) is 4.55. The van der Waals surface area contributed by atoms with E-state index < -0.39 is 5.41 Å². The second-order valence-electron chi connectivity index (χ2n) is 5.88. The molecule has 1 aliphatic rings. The maximum atomic E-state index is 12.7. The Balaban J connectivity index is 1.92. The van der Waals surface area contributed by atoms with Crippen LogP contribution in [0.1, 0.15) is 39.0 Å². The molecule has 2 aromatic rings. The van der Waals surface area contributed by atoms with Gasteiger partial charge in [0.05, 0.1) is 17.1 Å². The molecule has 0 atom stereocenters. The molecule has 114 valence electrons. The summed E-state index contributed by atoms with van der Waals surface area (Å²) in [6.07, 6.45) is 4.25. The number of nitriles is 1. The van der Waals surface area contributed by atoms with Gasteiger partial charge in [-0.05, 0) is 31.9 Å². The lowest BCUT2D eigenvalue weighted by molar-refractivity contribution is -0.124. The van der Waals surface area contributed by atoms with Crippen molar-refractivity contribution < 1.29 is 4.79 Å². The van der Waals surface area contributed by atoms with Gasteiger partial charge in [0.2, 0.25) is 11.9 Å². The van der Waals surface area contributed by atoms with Crippen molar-refractivity contribution in [1.82, 2.24) is 9.55 Å². The largest absolute Gasteiger partial charge is 0.310 e. The van der Waals surface area contributed by atoms with Crippen molar-refractivity contribution in [2.45, 2.75) is 45.6 Å². The number of fused-ring (bicyclic) bond motifs is 1. The number of amides is 1. The van der Waals surface area contributed by atoms with Gasteiger partial charge in [-0.2, -0.15) is 5.26 Å². The van der Waals surface area contributed by atoms with E-state index in [2.05, 4.69) is 16.4 Å². The molecule has 3 rings (SSSR count). The molecule has 1 N–H and O–H groups in total. The zero-order valence-electron chi connectivity index (χ0n) is 12.8. The summed E-state index contributed by atoms with van der Waals surface area (Å²) in [5.41, 5.74) is 0.957. The van der Waals surface area contributed by atoms with E-state index in [1.165, 1.54) is 0 Å². The average Bonchev–Trinajstić information content (AvgIpc) is 2.92. The van der Waals surface area contributed by atoms with E-state index >= 15 is 0 Å². The van der Waals surface area contributed by atoms with Crippen LogP contribution >= 0.6 is 0 Å². The summed E-state index contributed by atoms with van der Waals surface area (Å²) in [5, 5.41) is 12.4. The number of carbonyl (C=O) groups is 1. The Labute approximate surface area is 129 Å². The van der Waals surface area contributed by atoms with Crippen molar-refractivity contribution in [3.05, 3.63) is 24.3 Å². The van der Waals surface area contributed by atoms with E-state index in [9.17, 15) is 10.1 Å². The van der Waals surface area contributed by atoms with Crippen LogP contribution in [0, 0.1) is 16.7 Å². The van der Waals surface area contributed by atoms with E-state index in [1.54, 1.807) is 0 Å². The molecule has 1 fully saturated rings. The van der Waals surface area contributed by atoms with Crippen molar-refractivity contribution in [2.75, 3.05) is 5.32 Å². The Morgan fingerprint density at radius 1 is 1.36 bits per heavy atom. The van der Waals surface area contributed by atoms with E-state index in [-0.39, 0.29) is 5.91 Å². The zero-order chi connectivity index (χ0) is 15.6. The number of benzene rings is 1. The number of hydrogen-bond donors (Lipinski definition) is 1. The van der Waals surface area contributed by atoms with Crippen LogP contribution in [-0.4, -0.2) is 15.5 Å². The number of aromatic nitrogens is 2. The van der Waals surface area contributed by atoms with Gasteiger partial charge in [0, 0.05) is 6.54 Å². The van der Waals surface area contributed by atoms with Gasteiger partial charge in [-0.15, -0.1) is 0 Å². The third-order valence-electron chi connectivity index (χ3n) is 4.55. The van der Waals surface area contributed by atoms with Crippen LogP contribution < -0.4 is 5.32 Å². The lowest BCUT2D eigenvalue weighted by Gasteiger charge is -2.28. The van der Waals surface area contributed by atoms with Crippen LogP contribution in [0.5, 0.6) is 0 Å². The Morgan fingerprint density at radius 3 is 2.77 bits per heavy atom. The summed E-state index contributed by atoms with van der Waals surface area (Å²) >= 11 is 0. The molecular formula is C17H20N4O. The SMILES string of the molecule is CCn1c(NC(=O)C2(C#N)CCCCC2)nc2ccccc21. The lowest BCUT2D eigenvalue weighted by atomic mass is 9.74. The van der Waals surface area contributed by atoms with Gasteiger partial charge in [-0.25, -0.2) is 4.98 Å². The number of anilines is 1. The first-order chi connectivity index (χ1) is 10.7. The van der Waals surface area contributed by atoms with Crippen molar-refractivity contribution in [1.29, 1.82) is 5.26 Å². The van der Waals surface area contributed by atoms with Crippen molar-refractivity contribution in [2.24, 2.45) is 5.41 Å². The van der Waals surface area contributed by atoms with Gasteiger partial charge >= 0.3 is 0 Å². The fourth-order valence-corrected chi connectivity index (χ4v) is 3.26. The van der Waals surface area contributed by atoms with Gasteiger partial charge in [-0.1, -0.05) is 31.4 Å². The van der Waals surface area contributed by atoms with E-state index in [1.807, 2.05) is 35.8 Å². The first-order valence-electron chi connectivity index (χ1n) is 7.88. The molecule has 1 heterocycles. The minimum atomic E-state index is -0.894. The lowest BCUT2D eigenvalue weighted by Crippen LogP contribution is -2.37. The van der Waals surface area contributed by atoms with Crippen molar-refractivity contribution in [3.8, 4) is 6.07 Å². The molecule has 0 bridgehead atoms. The third kappa shape index (κ3) is 2.35. The molecule has 1 aromatic carbocycles. The highest BCUT2D eigenvalue weighted by atomic mass is 16.2. The van der Waals surface area contributed by atoms with Gasteiger partial charge in [-0.3, -0.25) is 10.1 Å². The summed E-state index contributed by atoms with van der Waals surface area (Å²) in [7, 11) is 0. The van der Waals surface area contributed by atoms with Gasteiger partial charge in [0.25, 0.3) is 0 Å². The summed E-state index contributed by atoms with van der Waals surface area (Å²) in [6, 6.07) is 10.1.